The minimum absolute atomic E-state index is 0.220. The Morgan fingerprint density at radius 3 is 2.41 bits per heavy atom. The molecule has 1 atom stereocenters. The summed E-state index contributed by atoms with van der Waals surface area (Å²) in [6.07, 6.45) is 2.46. The summed E-state index contributed by atoms with van der Waals surface area (Å²) in [7, 11) is 0. The number of nitrogens with zero attached hydrogens (tertiary/aromatic N) is 2. The first-order valence-corrected chi connectivity index (χ1v) is 6.78. The highest BCUT2D eigenvalue weighted by Crippen LogP contribution is 2.37. The van der Waals surface area contributed by atoms with Gasteiger partial charge in [0.15, 0.2) is 0 Å². The van der Waals surface area contributed by atoms with Crippen LogP contribution in [0, 0.1) is 11.8 Å². The molecule has 1 aliphatic carbocycles. The fraction of sp³-hybridized carbons (Fsp3) is 0.833. The van der Waals surface area contributed by atoms with E-state index in [1.807, 2.05) is 4.90 Å². The molecule has 0 aromatic rings. The monoisotopic (exact) mass is 255 g/mol. The Bertz CT molecular complexity index is 309. The third-order valence-electron chi connectivity index (χ3n) is 3.78. The van der Waals surface area contributed by atoms with E-state index in [1.165, 1.54) is 12.8 Å². The largest absolute Gasteiger partial charge is 0.392 e. The summed E-state index contributed by atoms with van der Waals surface area (Å²) in [5, 5.41) is 0. The molecule has 17 heavy (non-hydrogen) atoms. The molecule has 1 saturated heterocycles. The quantitative estimate of drug-likeness (QED) is 0.742. The van der Waals surface area contributed by atoms with E-state index in [0.717, 1.165) is 26.2 Å². The Morgan fingerprint density at radius 2 is 1.94 bits per heavy atom. The van der Waals surface area contributed by atoms with Gasteiger partial charge in [-0.05, 0) is 18.8 Å². The minimum Gasteiger partial charge on any atom is -0.392 e. The van der Waals surface area contributed by atoms with Gasteiger partial charge in [0.1, 0.15) is 0 Å². The number of thiocarbonyl (C=S) groups is 1. The van der Waals surface area contributed by atoms with Gasteiger partial charge >= 0.3 is 0 Å². The van der Waals surface area contributed by atoms with Crippen LogP contribution in [0.5, 0.6) is 0 Å². The van der Waals surface area contributed by atoms with Crippen LogP contribution in [0.1, 0.15) is 19.8 Å². The summed E-state index contributed by atoms with van der Waals surface area (Å²) >= 11 is 4.90. The van der Waals surface area contributed by atoms with Crippen molar-refractivity contribution >= 4 is 23.1 Å². The zero-order valence-corrected chi connectivity index (χ0v) is 11.2. The average Bonchev–Trinajstić information content (AvgIpc) is 3.11. The van der Waals surface area contributed by atoms with Gasteiger partial charge in [-0.3, -0.25) is 9.69 Å². The number of nitrogens with two attached hydrogens (primary N) is 1. The molecule has 5 heteroatoms. The molecule has 0 aromatic heterocycles. The Balaban J connectivity index is 1.77. The predicted octanol–water partition coefficient (Wildman–Crippen LogP) is 0.463. The van der Waals surface area contributed by atoms with Gasteiger partial charge in [-0.1, -0.05) is 19.1 Å². The maximum atomic E-state index is 12.2. The number of hydrogen-bond donors (Lipinski definition) is 1. The molecule has 1 unspecified atom stereocenters. The van der Waals surface area contributed by atoms with E-state index < -0.39 is 0 Å². The van der Waals surface area contributed by atoms with Crippen LogP contribution in [0.2, 0.25) is 0 Å². The van der Waals surface area contributed by atoms with Crippen molar-refractivity contribution in [2.75, 3.05) is 32.7 Å². The Hall–Kier alpha value is -0.680. The van der Waals surface area contributed by atoms with E-state index in [1.54, 1.807) is 0 Å². The van der Waals surface area contributed by atoms with Gasteiger partial charge in [-0.15, -0.1) is 0 Å². The number of hydrogen-bond acceptors (Lipinski definition) is 3. The van der Waals surface area contributed by atoms with Crippen LogP contribution in [0.3, 0.4) is 0 Å². The van der Waals surface area contributed by atoms with Crippen molar-refractivity contribution in [2.24, 2.45) is 17.6 Å². The molecule has 1 amide bonds. The maximum Gasteiger partial charge on any atom is 0.225 e. The van der Waals surface area contributed by atoms with Gasteiger partial charge in [-0.2, -0.15) is 0 Å². The standard InChI is InChI=1S/C12H21N3OS/c1-9(10-2-3-10)12(16)15-6-4-14(5-7-15)8-11(13)17/h9-10H,2-8H2,1H3,(H2,13,17). The summed E-state index contributed by atoms with van der Waals surface area (Å²) in [6, 6.07) is 0. The molecular weight excluding hydrogens is 234 g/mol. The van der Waals surface area contributed by atoms with Crippen LogP contribution in [-0.4, -0.2) is 53.4 Å². The molecule has 2 fully saturated rings. The average molecular weight is 255 g/mol. The summed E-state index contributed by atoms with van der Waals surface area (Å²) in [5.41, 5.74) is 5.52. The third-order valence-corrected chi connectivity index (χ3v) is 3.91. The van der Waals surface area contributed by atoms with Crippen molar-refractivity contribution in [1.29, 1.82) is 0 Å². The van der Waals surface area contributed by atoms with Crippen LogP contribution in [0.15, 0.2) is 0 Å². The van der Waals surface area contributed by atoms with Crippen molar-refractivity contribution in [3.63, 3.8) is 0 Å². The highest BCUT2D eigenvalue weighted by Gasteiger charge is 2.35. The Morgan fingerprint density at radius 1 is 1.35 bits per heavy atom. The van der Waals surface area contributed by atoms with Gasteiger partial charge in [0.05, 0.1) is 4.99 Å². The van der Waals surface area contributed by atoms with E-state index in [-0.39, 0.29) is 5.92 Å². The first kappa shape index (κ1) is 12.8. The van der Waals surface area contributed by atoms with Crippen LogP contribution in [-0.2, 0) is 4.79 Å². The van der Waals surface area contributed by atoms with E-state index in [0.29, 0.717) is 23.4 Å². The molecule has 0 spiro atoms. The minimum atomic E-state index is 0.220. The number of carbonyl (C=O) groups excluding carboxylic acids is 1. The van der Waals surface area contributed by atoms with Crippen LogP contribution in [0.25, 0.3) is 0 Å². The summed E-state index contributed by atoms with van der Waals surface area (Å²) in [5.74, 6) is 1.21. The normalized spacial score (nSPS) is 23.5. The van der Waals surface area contributed by atoms with Gasteiger partial charge in [0.2, 0.25) is 5.91 Å². The molecule has 1 saturated carbocycles. The topological polar surface area (TPSA) is 49.6 Å². The lowest BCUT2D eigenvalue weighted by molar-refractivity contribution is -0.137. The molecule has 0 bridgehead atoms. The van der Waals surface area contributed by atoms with E-state index in [2.05, 4.69) is 11.8 Å². The predicted molar refractivity (Wildman–Crippen MR) is 71.7 cm³/mol. The Labute approximate surface area is 108 Å². The number of carbonyl (C=O) groups is 1. The lowest BCUT2D eigenvalue weighted by atomic mass is 10.0. The van der Waals surface area contributed by atoms with E-state index in [4.69, 9.17) is 18.0 Å². The molecule has 96 valence electrons. The highest BCUT2D eigenvalue weighted by molar-refractivity contribution is 7.80. The highest BCUT2D eigenvalue weighted by atomic mass is 32.1. The van der Waals surface area contributed by atoms with E-state index >= 15 is 0 Å². The SMILES string of the molecule is CC(C(=O)N1CCN(CC(N)=S)CC1)C1CC1. The summed E-state index contributed by atoms with van der Waals surface area (Å²) in [6.45, 7) is 6.16. The number of piperazine rings is 1. The smallest absolute Gasteiger partial charge is 0.225 e. The van der Waals surface area contributed by atoms with Gasteiger partial charge in [0, 0.05) is 38.6 Å². The molecule has 0 radical (unpaired) electrons. The molecule has 2 N–H and O–H groups in total. The lowest BCUT2D eigenvalue weighted by Crippen LogP contribution is -2.51. The second-order valence-corrected chi connectivity index (χ2v) is 5.72. The lowest BCUT2D eigenvalue weighted by Gasteiger charge is -2.35. The molecule has 0 aromatic carbocycles. The van der Waals surface area contributed by atoms with Crippen molar-refractivity contribution in [2.45, 2.75) is 19.8 Å². The number of amides is 1. The van der Waals surface area contributed by atoms with E-state index in [9.17, 15) is 4.79 Å². The van der Waals surface area contributed by atoms with Crippen LogP contribution >= 0.6 is 12.2 Å². The molecular formula is C12H21N3OS. The van der Waals surface area contributed by atoms with Gasteiger partial charge in [-0.25, -0.2) is 0 Å². The fourth-order valence-corrected chi connectivity index (χ4v) is 2.62. The molecule has 2 rings (SSSR count). The van der Waals surface area contributed by atoms with Crippen LogP contribution in [0.4, 0.5) is 0 Å². The molecule has 1 aliphatic heterocycles. The van der Waals surface area contributed by atoms with Gasteiger partial charge in [0.25, 0.3) is 0 Å². The van der Waals surface area contributed by atoms with Crippen LogP contribution < -0.4 is 5.73 Å². The summed E-state index contributed by atoms with van der Waals surface area (Å²) in [4.78, 5) is 16.9. The zero-order chi connectivity index (χ0) is 12.4. The number of rotatable bonds is 4. The Kier molecular flexibility index (Phi) is 3.99. The van der Waals surface area contributed by atoms with Crippen molar-refractivity contribution in [3.8, 4) is 0 Å². The van der Waals surface area contributed by atoms with Crippen molar-refractivity contribution < 1.29 is 4.79 Å². The van der Waals surface area contributed by atoms with Crippen molar-refractivity contribution in [1.82, 2.24) is 9.80 Å². The second kappa shape index (κ2) is 5.31. The molecule has 1 heterocycles. The molecule has 2 aliphatic rings. The summed E-state index contributed by atoms with van der Waals surface area (Å²) < 4.78 is 0. The maximum absolute atomic E-state index is 12.2. The second-order valence-electron chi connectivity index (χ2n) is 5.19. The first-order chi connectivity index (χ1) is 8.08. The molecule has 4 nitrogen and oxygen atoms in total. The van der Waals surface area contributed by atoms with Gasteiger partial charge < -0.3 is 10.6 Å². The fourth-order valence-electron chi connectivity index (χ4n) is 2.43. The third kappa shape index (κ3) is 3.39. The zero-order valence-electron chi connectivity index (χ0n) is 10.4. The first-order valence-electron chi connectivity index (χ1n) is 6.37. The van der Waals surface area contributed by atoms with Crippen molar-refractivity contribution in [3.05, 3.63) is 0 Å².